The first-order chi connectivity index (χ1) is 9.20. The van der Waals surface area contributed by atoms with E-state index in [1.165, 1.54) is 0 Å². The third-order valence-corrected chi connectivity index (χ3v) is 4.48. The fraction of sp³-hybridized carbons (Fsp3) is 0.583. The van der Waals surface area contributed by atoms with Crippen molar-refractivity contribution in [1.82, 2.24) is 20.2 Å². The molecule has 0 radical (unpaired) electrons. The zero-order valence-electron chi connectivity index (χ0n) is 11.0. The van der Waals surface area contributed by atoms with Crippen molar-refractivity contribution in [2.24, 2.45) is 11.1 Å². The lowest BCUT2D eigenvalue weighted by atomic mass is 9.81. The quantitative estimate of drug-likeness (QED) is 0.888. The lowest BCUT2D eigenvalue weighted by Gasteiger charge is -2.38. The van der Waals surface area contributed by atoms with Crippen LogP contribution in [-0.2, 0) is 0 Å². The number of thiazole rings is 1. The molecular formula is C12H18N6S. The predicted octanol–water partition coefficient (Wildman–Crippen LogP) is 1.49. The Morgan fingerprint density at radius 2 is 2.26 bits per heavy atom. The van der Waals surface area contributed by atoms with Crippen LogP contribution in [0.2, 0.25) is 0 Å². The first-order valence-electron chi connectivity index (χ1n) is 6.46. The lowest BCUT2D eigenvalue weighted by molar-refractivity contribution is 0.257. The smallest absolute Gasteiger partial charge is 0.245 e. The molecule has 1 aliphatic rings. The van der Waals surface area contributed by atoms with Gasteiger partial charge in [0.1, 0.15) is 5.69 Å². The Morgan fingerprint density at radius 3 is 2.89 bits per heavy atom. The molecule has 3 rings (SSSR count). The van der Waals surface area contributed by atoms with Gasteiger partial charge in [-0.2, -0.15) is 4.98 Å². The summed E-state index contributed by atoms with van der Waals surface area (Å²) in [5.74, 6) is 1.51. The molecule has 1 fully saturated rings. The molecule has 0 bridgehead atoms. The topological polar surface area (TPSA) is 83.7 Å². The third-order valence-electron chi connectivity index (χ3n) is 3.89. The summed E-state index contributed by atoms with van der Waals surface area (Å²) < 4.78 is 0. The summed E-state index contributed by atoms with van der Waals surface area (Å²) in [6.45, 7) is 4.92. The van der Waals surface area contributed by atoms with E-state index in [0.717, 1.165) is 49.9 Å². The van der Waals surface area contributed by atoms with E-state index in [4.69, 9.17) is 5.73 Å². The minimum atomic E-state index is 0.268. The van der Waals surface area contributed by atoms with E-state index in [0.29, 0.717) is 0 Å². The highest BCUT2D eigenvalue weighted by Crippen LogP contribution is 2.31. The van der Waals surface area contributed by atoms with Crippen LogP contribution < -0.4 is 10.6 Å². The Hall–Kier alpha value is -1.47. The maximum Gasteiger partial charge on any atom is 0.245 e. The van der Waals surface area contributed by atoms with Crippen LogP contribution in [0.1, 0.15) is 19.8 Å². The Balaban J connectivity index is 1.71. The summed E-state index contributed by atoms with van der Waals surface area (Å²) >= 11 is 1.56. The summed E-state index contributed by atoms with van der Waals surface area (Å²) in [4.78, 5) is 11.0. The van der Waals surface area contributed by atoms with Gasteiger partial charge in [-0.05, 0) is 24.8 Å². The van der Waals surface area contributed by atoms with Crippen LogP contribution in [0.15, 0.2) is 10.9 Å². The van der Waals surface area contributed by atoms with Crippen molar-refractivity contribution in [2.75, 3.05) is 24.5 Å². The van der Waals surface area contributed by atoms with Crippen LogP contribution >= 0.6 is 11.3 Å². The number of nitrogens with two attached hydrogens (primary N) is 1. The van der Waals surface area contributed by atoms with Crippen LogP contribution in [0.3, 0.4) is 0 Å². The number of anilines is 1. The van der Waals surface area contributed by atoms with E-state index in [1.807, 2.05) is 5.38 Å². The van der Waals surface area contributed by atoms with Gasteiger partial charge in [0, 0.05) is 18.5 Å². The van der Waals surface area contributed by atoms with Crippen LogP contribution in [0.5, 0.6) is 0 Å². The van der Waals surface area contributed by atoms with Gasteiger partial charge < -0.3 is 10.6 Å². The van der Waals surface area contributed by atoms with Crippen molar-refractivity contribution in [2.45, 2.75) is 19.8 Å². The largest absolute Gasteiger partial charge is 0.339 e. The molecule has 7 heteroatoms. The Morgan fingerprint density at radius 1 is 1.47 bits per heavy atom. The summed E-state index contributed by atoms with van der Waals surface area (Å²) in [5.41, 5.74) is 8.75. The van der Waals surface area contributed by atoms with E-state index in [9.17, 15) is 0 Å². The molecule has 19 heavy (non-hydrogen) atoms. The zero-order chi connectivity index (χ0) is 13.3. The molecule has 0 saturated carbocycles. The fourth-order valence-electron chi connectivity index (χ4n) is 2.29. The minimum Gasteiger partial charge on any atom is -0.339 e. The normalized spacial score (nSPS) is 18.7. The molecule has 2 aromatic heterocycles. The highest BCUT2D eigenvalue weighted by atomic mass is 32.1. The Labute approximate surface area is 116 Å². The van der Waals surface area contributed by atoms with Gasteiger partial charge in [0.05, 0.1) is 5.51 Å². The maximum absolute atomic E-state index is 5.83. The van der Waals surface area contributed by atoms with Gasteiger partial charge in [0.25, 0.3) is 0 Å². The Kier molecular flexibility index (Phi) is 3.24. The molecular weight excluding hydrogens is 260 g/mol. The molecule has 1 saturated heterocycles. The number of piperidine rings is 1. The van der Waals surface area contributed by atoms with Gasteiger partial charge >= 0.3 is 0 Å². The van der Waals surface area contributed by atoms with Gasteiger partial charge in [0.2, 0.25) is 5.95 Å². The second-order valence-electron chi connectivity index (χ2n) is 5.36. The van der Waals surface area contributed by atoms with Crippen LogP contribution in [0, 0.1) is 5.41 Å². The molecule has 3 heterocycles. The van der Waals surface area contributed by atoms with Gasteiger partial charge in [-0.1, -0.05) is 6.92 Å². The third kappa shape index (κ3) is 2.48. The summed E-state index contributed by atoms with van der Waals surface area (Å²) in [5, 5.41) is 9.21. The van der Waals surface area contributed by atoms with Crippen LogP contribution in [-0.4, -0.2) is 39.8 Å². The predicted molar refractivity (Wildman–Crippen MR) is 76.1 cm³/mol. The van der Waals surface area contributed by atoms with Crippen molar-refractivity contribution in [1.29, 1.82) is 0 Å². The van der Waals surface area contributed by atoms with Crippen molar-refractivity contribution in [3.05, 3.63) is 10.9 Å². The van der Waals surface area contributed by atoms with Gasteiger partial charge in [0.15, 0.2) is 5.82 Å². The molecule has 2 aromatic rings. The number of aromatic nitrogens is 4. The van der Waals surface area contributed by atoms with E-state index in [1.54, 1.807) is 16.8 Å². The zero-order valence-corrected chi connectivity index (χ0v) is 11.8. The standard InChI is InChI=1S/C12H18N6S/c1-12(7-13)2-4-18(5-3-12)11-15-10(16-17-11)9-6-19-8-14-9/h6,8H,2-5,7,13H2,1H3,(H,15,16,17). The van der Waals surface area contributed by atoms with Crippen molar-refractivity contribution >= 4 is 17.3 Å². The fourth-order valence-corrected chi connectivity index (χ4v) is 2.83. The van der Waals surface area contributed by atoms with Gasteiger partial charge in [-0.15, -0.1) is 16.4 Å². The average Bonchev–Trinajstić information content (AvgIpc) is 3.10. The molecule has 0 aromatic carbocycles. The molecule has 1 aliphatic heterocycles. The second-order valence-corrected chi connectivity index (χ2v) is 6.08. The van der Waals surface area contributed by atoms with Crippen molar-refractivity contribution < 1.29 is 0 Å². The number of H-pyrrole nitrogens is 1. The molecule has 0 atom stereocenters. The lowest BCUT2D eigenvalue weighted by Crippen LogP contribution is -2.42. The average molecular weight is 278 g/mol. The number of hydrogen-bond donors (Lipinski definition) is 2. The highest BCUT2D eigenvalue weighted by Gasteiger charge is 2.30. The molecule has 0 unspecified atom stereocenters. The monoisotopic (exact) mass is 278 g/mol. The van der Waals surface area contributed by atoms with Crippen LogP contribution in [0.4, 0.5) is 5.95 Å². The summed E-state index contributed by atoms with van der Waals surface area (Å²) in [6.07, 6.45) is 2.17. The number of nitrogens with one attached hydrogen (secondary N) is 1. The first kappa shape index (κ1) is 12.6. The number of nitrogens with zero attached hydrogens (tertiary/aromatic N) is 4. The number of hydrogen-bond acceptors (Lipinski definition) is 6. The molecule has 0 aliphatic carbocycles. The number of rotatable bonds is 3. The van der Waals surface area contributed by atoms with Crippen LogP contribution in [0.25, 0.3) is 11.5 Å². The SMILES string of the molecule is CC1(CN)CCN(c2n[nH]c(-c3cscn3)n2)CC1. The van der Waals surface area contributed by atoms with Crippen molar-refractivity contribution in [3.63, 3.8) is 0 Å². The van der Waals surface area contributed by atoms with Gasteiger partial charge in [-0.3, -0.25) is 5.10 Å². The summed E-state index contributed by atoms with van der Waals surface area (Å²) in [7, 11) is 0. The van der Waals surface area contributed by atoms with E-state index < -0.39 is 0 Å². The summed E-state index contributed by atoms with van der Waals surface area (Å²) in [6, 6.07) is 0. The Bertz CT molecular complexity index is 526. The van der Waals surface area contributed by atoms with E-state index >= 15 is 0 Å². The van der Waals surface area contributed by atoms with E-state index in [-0.39, 0.29) is 5.41 Å². The first-order valence-corrected chi connectivity index (χ1v) is 7.40. The van der Waals surface area contributed by atoms with Crippen molar-refractivity contribution in [3.8, 4) is 11.5 Å². The molecule has 6 nitrogen and oxygen atoms in total. The molecule has 0 spiro atoms. The maximum atomic E-state index is 5.83. The molecule has 102 valence electrons. The molecule has 3 N–H and O–H groups in total. The van der Waals surface area contributed by atoms with E-state index in [2.05, 4.69) is 32.0 Å². The number of aromatic amines is 1. The van der Waals surface area contributed by atoms with Gasteiger partial charge in [-0.25, -0.2) is 4.98 Å². The highest BCUT2D eigenvalue weighted by molar-refractivity contribution is 7.07. The second kappa shape index (κ2) is 4.90. The minimum absolute atomic E-state index is 0.268. The molecule has 0 amide bonds.